The van der Waals surface area contributed by atoms with Crippen molar-refractivity contribution in [1.29, 1.82) is 0 Å². The number of aromatic nitrogens is 1. The number of alkyl halides is 3. The smallest absolute Gasteiger partial charge is 0.396 e. The van der Waals surface area contributed by atoms with E-state index in [9.17, 15) is 26.7 Å². The second-order valence-corrected chi connectivity index (χ2v) is 9.00. The largest absolute Gasteiger partial charge is 0.417 e. The fourth-order valence-electron chi connectivity index (χ4n) is 3.47. The van der Waals surface area contributed by atoms with Crippen LogP contribution < -0.4 is 0 Å². The second-order valence-electron chi connectivity index (χ2n) is 6.96. The summed E-state index contributed by atoms with van der Waals surface area (Å²) in [6, 6.07) is 8.23. The summed E-state index contributed by atoms with van der Waals surface area (Å²) < 4.78 is 63.0. The molecule has 1 heterocycles. The average molecular weight is 399 g/mol. The molecule has 2 aromatic rings. The molecule has 0 radical (unpaired) electrons. The zero-order valence-electron chi connectivity index (χ0n) is 14.5. The van der Waals surface area contributed by atoms with Crippen LogP contribution in [0.25, 0.3) is 11.3 Å². The van der Waals surface area contributed by atoms with E-state index in [0.29, 0.717) is 17.7 Å². The number of pyridine rings is 1. The van der Waals surface area contributed by atoms with E-state index in [1.807, 2.05) is 0 Å². The lowest BCUT2D eigenvalue weighted by atomic mass is 10.1. The van der Waals surface area contributed by atoms with E-state index >= 15 is 0 Å². The van der Waals surface area contributed by atoms with Gasteiger partial charge in [-0.3, -0.25) is 4.98 Å². The lowest BCUT2D eigenvalue weighted by molar-refractivity contribution is -0.137. The molecule has 27 heavy (non-hydrogen) atoms. The molecule has 1 fully saturated rings. The Labute approximate surface area is 156 Å². The molecule has 0 aliphatic heterocycles. The van der Waals surface area contributed by atoms with Gasteiger partial charge in [0, 0.05) is 18.4 Å². The van der Waals surface area contributed by atoms with Crippen LogP contribution in [-0.2, 0) is 16.0 Å². The number of hydrogen-bond acceptors (Lipinski definition) is 4. The van der Waals surface area contributed by atoms with Crippen LogP contribution in [-0.4, -0.2) is 30.9 Å². The van der Waals surface area contributed by atoms with Gasteiger partial charge in [-0.05, 0) is 55.4 Å². The van der Waals surface area contributed by atoms with E-state index in [-0.39, 0.29) is 29.1 Å². The summed E-state index contributed by atoms with van der Waals surface area (Å²) in [6.45, 7) is 0.0887. The number of aliphatic hydroxyl groups is 1. The molecule has 1 aromatic heterocycles. The van der Waals surface area contributed by atoms with Gasteiger partial charge in [0.2, 0.25) is 0 Å². The quantitative estimate of drug-likeness (QED) is 0.827. The molecule has 1 N–H and O–H groups in total. The summed E-state index contributed by atoms with van der Waals surface area (Å²) in [5, 5.41) is 9.18. The van der Waals surface area contributed by atoms with Crippen molar-refractivity contribution in [2.24, 2.45) is 11.8 Å². The SMILES string of the molecule is O=S(=O)(C[C@H]1CC[C@@H](CO)C1)c1ccc(-c2ccc(C(F)(F)F)cn2)cc1. The number of benzene rings is 1. The third-order valence-corrected chi connectivity index (χ3v) is 6.86. The molecule has 8 heteroatoms. The van der Waals surface area contributed by atoms with Crippen molar-refractivity contribution in [3.05, 3.63) is 48.2 Å². The number of hydrogen-bond donors (Lipinski definition) is 1. The van der Waals surface area contributed by atoms with E-state index in [0.717, 1.165) is 25.1 Å². The predicted molar refractivity (Wildman–Crippen MR) is 94.6 cm³/mol. The topological polar surface area (TPSA) is 67.3 Å². The number of nitrogens with zero attached hydrogens (tertiary/aromatic N) is 1. The molecule has 0 bridgehead atoms. The number of sulfone groups is 1. The molecule has 0 amide bonds. The minimum atomic E-state index is -4.45. The summed E-state index contributed by atoms with van der Waals surface area (Å²) >= 11 is 0. The van der Waals surface area contributed by atoms with Crippen LogP contribution in [0.15, 0.2) is 47.5 Å². The molecule has 146 valence electrons. The minimum absolute atomic E-state index is 0.0430. The summed E-state index contributed by atoms with van der Waals surface area (Å²) in [7, 11) is -3.45. The fraction of sp³-hybridized carbons (Fsp3) is 0.421. The number of aliphatic hydroxyl groups excluding tert-OH is 1. The molecular formula is C19H20F3NO3S. The Kier molecular flexibility index (Phi) is 5.58. The maximum atomic E-state index is 12.6. The van der Waals surface area contributed by atoms with Gasteiger partial charge in [0.15, 0.2) is 9.84 Å². The van der Waals surface area contributed by atoms with Crippen molar-refractivity contribution < 1.29 is 26.7 Å². The van der Waals surface area contributed by atoms with Gasteiger partial charge in [0.05, 0.1) is 21.9 Å². The first kappa shape index (κ1) is 19.8. The molecule has 0 saturated heterocycles. The van der Waals surface area contributed by atoms with Crippen LogP contribution >= 0.6 is 0 Å². The van der Waals surface area contributed by atoms with Crippen molar-refractivity contribution in [2.45, 2.75) is 30.3 Å². The average Bonchev–Trinajstić information content (AvgIpc) is 3.08. The standard InChI is InChI=1S/C19H20F3NO3S/c20-19(21,22)16-5-8-18(23-10-16)15-3-6-17(7-4-15)27(25,26)12-14-2-1-13(9-14)11-24/h3-8,10,13-14,24H,1-2,9,11-12H2/t13-,14+/m1/s1. The minimum Gasteiger partial charge on any atom is -0.396 e. The highest BCUT2D eigenvalue weighted by Gasteiger charge is 2.31. The van der Waals surface area contributed by atoms with E-state index < -0.39 is 21.6 Å². The molecular weight excluding hydrogens is 379 g/mol. The van der Waals surface area contributed by atoms with Gasteiger partial charge in [0.25, 0.3) is 0 Å². The van der Waals surface area contributed by atoms with Crippen LogP contribution in [0.4, 0.5) is 13.2 Å². The van der Waals surface area contributed by atoms with Crippen molar-refractivity contribution in [3.63, 3.8) is 0 Å². The first-order valence-electron chi connectivity index (χ1n) is 8.66. The molecule has 2 atom stereocenters. The van der Waals surface area contributed by atoms with Crippen LogP contribution in [0.3, 0.4) is 0 Å². The maximum Gasteiger partial charge on any atom is 0.417 e. The third-order valence-electron chi connectivity index (χ3n) is 4.96. The Morgan fingerprint density at radius 2 is 1.70 bits per heavy atom. The van der Waals surface area contributed by atoms with Crippen LogP contribution in [0.2, 0.25) is 0 Å². The number of rotatable bonds is 5. The predicted octanol–water partition coefficient (Wildman–Crippen LogP) is 3.95. The summed E-state index contributed by atoms with van der Waals surface area (Å²) in [4.78, 5) is 4.00. The van der Waals surface area contributed by atoms with Gasteiger partial charge in [0.1, 0.15) is 0 Å². The Balaban J connectivity index is 1.73. The van der Waals surface area contributed by atoms with E-state index in [4.69, 9.17) is 0 Å². The Morgan fingerprint density at radius 3 is 2.22 bits per heavy atom. The van der Waals surface area contributed by atoms with Gasteiger partial charge in [-0.2, -0.15) is 13.2 Å². The highest BCUT2D eigenvalue weighted by Crippen LogP contribution is 2.33. The lowest BCUT2D eigenvalue weighted by Gasteiger charge is -2.12. The maximum absolute atomic E-state index is 12.6. The zero-order valence-corrected chi connectivity index (χ0v) is 15.3. The molecule has 1 aliphatic rings. The first-order valence-corrected chi connectivity index (χ1v) is 10.3. The molecule has 1 aliphatic carbocycles. The Hall–Kier alpha value is -1.93. The lowest BCUT2D eigenvalue weighted by Crippen LogP contribution is -2.15. The summed E-state index contributed by atoms with van der Waals surface area (Å²) in [5.74, 6) is 0.267. The van der Waals surface area contributed by atoms with E-state index in [1.54, 1.807) is 12.1 Å². The van der Waals surface area contributed by atoms with Crippen molar-refractivity contribution in [2.75, 3.05) is 12.4 Å². The van der Waals surface area contributed by atoms with Crippen molar-refractivity contribution in [1.82, 2.24) is 4.98 Å². The van der Waals surface area contributed by atoms with E-state index in [2.05, 4.69) is 4.98 Å². The highest BCUT2D eigenvalue weighted by molar-refractivity contribution is 7.91. The monoisotopic (exact) mass is 399 g/mol. The summed E-state index contributed by atoms with van der Waals surface area (Å²) in [5.41, 5.74) is 0.0561. The molecule has 0 spiro atoms. The Bertz CT molecular complexity index is 878. The van der Waals surface area contributed by atoms with Gasteiger partial charge in [-0.1, -0.05) is 12.1 Å². The molecule has 1 saturated carbocycles. The van der Waals surface area contributed by atoms with Gasteiger partial charge in [-0.25, -0.2) is 8.42 Å². The van der Waals surface area contributed by atoms with Crippen LogP contribution in [0.5, 0.6) is 0 Å². The summed E-state index contributed by atoms with van der Waals surface area (Å²) in [6.07, 6.45) is -1.34. The first-order chi connectivity index (χ1) is 12.7. The highest BCUT2D eigenvalue weighted by atomic mass is 32.2. The fourth-order valence-corrected chi connectivity index (χ4v) is 5.13. The molecule has 0 unspecified atom stereocenters. The molecule has 1 aromatic carbocycles. The van der Waals surface area contributed by atoms with E-state index in [1.165, 1.54) is 18.2 Å². The normalized spacial score (nSPS) is 20.7. The Morgan fingerprint density at radius 1 is 1.04 bits per heavy atom. The van der Waals surface area contributed by atoms with Gasteiger partial charge in [-0.15, -0.1) is 0 Å². The van der Waals surface area contributed by atoms with Crippen molar-refractivity contribution in [3.8, 4) is 11.3 Å². The second kappa shape index (κ2) is 7.59. The third kappa shape index (κ3) is 4.68. The van der Waals surface area contributed by atoms with Crippen LogP contribution in [0, 0.1) is 11.8 Å². The van der Waals surface area contributed by atoms with Gasteiger partial charge >= 0.3 is 6.18 Å². The van der Waals surface area contributed by atoms with Gasteiger partial charge < -0.3 is 5.11 Å². The zero-order chi connectivity index (χ0) is 19.7. The van der Waals surface area contributed by atoms with Crippen LogP contribution in [0.1, 0.15) is 24.8 Å². The number of halogens is 3. The van der Waals surface area contributed by atoms with Crippen molar-refractivity contribution >= 4 is 9.84 Å². The molecule has 3 rings (SSSR count). The molecule has 4 nitrogen and oxygen atoms in total.